The highest BCUT2D eigenvalue weighted by Crippen LogP contribution is 2.27. The van der Waals surface area contributed by atoms with Crippen LogP contribution in [-0.2, 0) is 0 Å². The molecule has 37 heavy (non-hydrogen) atoms. The van der Waals surface area contributed by atoms with Gasteiger partial charge in [-0.05, 0) is 54.8 Å². The number of benzene rings is 3. The number of fused-ring (bicyclic) bond motifs is 1. The first-order chi connectivity index (χ1) is 17.8. The van der Waals surface area contributed by atoms with Gasteiger partial charge >= 0.3 is 0 Å². The van der Waals surface area contributed by atoms with Crippen LogP contribution >= 0.6 is 0 Å². The molecular formula is C29H32FN5O2. The van der Waals surface area contributed by atoms with Gasteiger partial charge in [-0.1, -0.05) is 42.0 Å². The number of rotatable bonds is 10. The lowest BCUT2D eigenvalue weighted by molar-refractivity contribution is 0.0927. The number of halogens is 1. The van der Waals surface area contributed by atoms with Crippen molar-refractivity contribution in [1.82, 2.24) is 15.6 Å². The number of amidine groups is 1. The third-order valence-corrected chi connectivity index (χ3v) is 6.21. The van der Waals surface area contributed by atoms with Crippen molar-refractivity contribution >= 4 is 28.2 Å². The predicted molar refractivity (Wildman–Crippen MR) is 146 cm³/mol. The summed E-state index contributed by atoms with van der Waals surface area (Å²) in [6.07, 6.45) is 2.75. The molecule has 7 nitrogen and oxygen atoms in total. The zero-order valence-corrected chi connectivity index (χ0v) is 21.3. The standard InChI is InChI=1S/C29H32FN5O2/c1-19-6-8-20(9-7-19)26-18-33-29(37-26)25(5-4-14-32-27(31)17-30)34-28(36)23-11-10-22-16-24(35(2)3)13-12-21(22)15-23/h6-13,15-16,18,25H,4-5,14,17H2,1-3H3,(H2,31,32)(H,34,36)/t25-/m0/s1. The highest BCUT2D eigenvalue weighted by molar-refractivity contribution is 5.99. The minimum Gasteiger partial charge on any atom is -0.438 e. The van der Waals surface area contributed by atoms with Crippen molar-refractivity contribution < 1.29 is 13.6 Å². The van der Waals surface area contributed by atoms with Crippen LogP contribution in [0.5, 0.6) is 0 Å². The van der Waals surface area contributed by atoms with Crippen LogP contribution in [0.4, 0.5) is 10.1 Å². The van der Waals surface area contributed by atoms with E-state index in [0.29, 0.717) is 36.6 Å². The van der Waals surface area contributed by atoms with Crippen molar-refractivity contribution in [2.24, 2.45) is 0 Å². The average Bonchev–Trinajstić information content (AvgIpc) is 3.40. The van der Waals surface area contributed by atoms with Crippen LogP contribution in [0.1, 0.15) is 40.7 Å². The van der Waals surface area contributed by atoms with E-state index in [0.717, 1.165) is 27.6 Å². The lowest BCUT2D eigenvalue weighted by Crippen LogP contribution is -2.30. The summed E-state index contributed by atoms with van der Waals surface area (Å²) >= 11 is 0. The molecule has 0 saturated heterocycles. The molecule has 0 aliphatic rings. The molecule has 0 radical (unpaired) electrons. The number of hydrogen-bond donors (Lipinski definition) is 3. The monoisotopic (exact) mass is 501 g/mol. The Labute approximate surface area is 216 Å². The summed E-state index contributed by atoms with van der Waals surface area (Å²) in [4.78, 5) is 19.8. The van der Waals surface area contributed by atoms with E-state index in [1.54, 1.807) is 6.20 Å². The normalized spacial score (nSPS) is 11.8. The zero-order valence-electron chi connectivity index (χ0n) is 21.3. The molecule has 4 rings (SSSR count). The van der Waals surface area contributed by atoms with Crippen molar-refractivity contribution in [2.45, 2.75) is 25.8 Å². The van der Waals surface area contributed by atoms with E-state index in [-0.39, 0.29) is 11.7 Å². The number of hydrogen-bond acceptors (Lipinski definition) is 5. The lowest BCUT2D eigenvalue weighted by atomic mass is 10.0. The van der Waals surface area contributed by atoms with Crippen molar-refractivity contribution in [3.8, 4) is 11.3 Å². The predicted octanol–water partition coefficient (Wildman–Crippen LogP) is 5.66. The molecule has 0 aliphatic carbocycles. The number of aryl methyl sites for hydroxylation is 1. The number of alkyl halides is 1. The summed E-state index contributed by atoms with van der Waals surface area (Å²) < 4.78 is 18.6. The average molecular weight is 502 g/mol. The summed E-state index contributed by atoms with van der Waals surface area (Å²) in [5.41, 5.74) is 3.68. The first-order valence-electron chi connectivity index (χ1n) is 12.3. The second kappa shape index (κ2) is 11.7. The molecule has 4 aromatic rings. The van der Waals surface area contributed by atoms with E-state index in [4.69, 9.17) is 9.83 Å². The van der Waals surface area contributed by atoms with Gasteiger partial charge in [0.2, 0.25) is 5.89 Å². The summed E-state index contributed by atoms with van der Waals surface area (Å²) in [6.45, 7) is 1.59. The quantitative estimate of drug-likeness (QED) is 0.148. The Bertz CT molecular complexity index is 1380. The van der Waals surface area contributed by atoms with Gasteiger partial charge < -0.3 is 20.0 Å². The van der Waals surface area contributed by atoms with E-state index < -0.39 is 12.7 Å². The summed E-state index contributed by atoms with van der Waals surface area (Å²) in [6, 6.07) is 19.2. The second-order valence-electron chi connectivity index (χ2n) is 9.28. The molecule has 0 saturated carbocycles. The van der Waals surface area contributed by atoms with E-state index in [1.807, 2.05) is 80.5 Å². The number of nitrogens with zero attached hydrogens (tertiary/aromatic N) is 2. The van der Waals surface area contributed by atoms with Crippen LogP contribution in [-0.4, -0.2) is 44.0 Å². The fourth-order valence-electron chi connectivity index (χ4n) is 4.04. The van der Waals surface area contributed by atoms with Gasteiger partial charge in [0.1, 0.15) is 18.6 Å². The summed E-state index contributed by atoms with van der Waals surface area (Å²) in [5.74, 6) is 0.630. The molecule has 3 aromatic carbocycles. The number of carbonyl (C=O) groups is 1. The molecule has 1 atom stereocenters. The van der Waals surface area contributed by atoms with Crippen molar-refractivity contribution in [2.75, 3.05) is 32.2 Å². The maximum atomic E-state index is 13.3. The molecule has 192 valence electrons. The summed E-state index contributed by atoms with van der Waals surface area (Å²) in [7, 11) is 3.98. The van der Waals surface area contributed by atoms with E-state index >= 15 is 0 Å². The molecule has 8 heteroatoms. The number of aromatic nitrogens is 1. The smallest absolute Gasteiger partial charge is 0.251 e. The van der Waals surface area contributed by atoms with Gasteiger partial charge in [0.15, 0.2) is 5.76 Å². The van der Waals surface area contributed by atoms with Gasteiger partial charge in [0.05, 0.1) is 6.20 Å². The maximum Gasteiger partial charge on any atom is 0.251 e. The molecule has 1 amide bonds. The van der Waals surface area contributed by atoms with Crippen LogP contribution in [0.15, 0.2) is 71.3 Å². The Hall–Kier alpha value is -4.20. The third kappa shape index (κ3) is 6.52. The number of amides is 1. The lowest BCUT2D eigenvalue weighted by Gasteiger charge is -2.17. The van der Waals surface area contributed by atoms with Crippen LogP contribution < -0.4 is 15.5 Å². The van der Waals surface area contributed by atoms with Crippen LogP contribution in [0, 0.1) is 12.3 Å². The fraction of sp³-hybridized carbons (Fsp3) is 0.276. The molecule has 0 spiro atoms. The van der Waals surface area contributed by atoms with Crippen molar-refractivity contribution in [1.29, 1.82) is 5.41 Å². The molecule has 3 N–H and O–H groups in total. The van der Waals surface area contributed by atoms with Gasteiger partial charge in [-0.2, -0.15) is 0 Å². The highest BCUT2D eigenvalue weighted by atomic mass is 19.1. The van der Waals surface area contributed by atoms with E-state index in [9.17, 15) is 9.18 Å². The number of carbonyl (C=O) groups excluding carboxylic acids is 1. The third-order valence-electron chi connectivity index (χ3n) is 6.21. The van der Waals surface area contributed by atoms with Gasteiger partial charge in [-0.25, -0.2) is 9.37 Å². The first kappa shape index (κ1) is 25.9. The fourth-order valence-corrected chi connectivity index (χ4v) is 4.04. The Morgan fingerprint density at radius 2 is 1.81 bits per heavy atom. The number of oxazole rings is 1. The van der Waals surface area contributed by atoms with Crippen molar-refractivity contribution in [3.63, 3.8) is 0 Å². The van der Waals surface area contributed by atoms with E-state index in [1.165, 1.54) is 0 Å². The van der Waals surface area contributed by atoms with Gasteiger partial charge in [0.25, 0.3) is 5.91 Å². The Kier molecular flexibility index (Phi) is 8.18. The molecule has 0 bridgehead atoms. The van der Waals surface area contributed by atoms with Crippen LogP contribution in [0.2, 0.25) is 0 Å². The number of anilines is 1. The van der Waals surface area contributed by atoms with Gasteiger partial charge in [-0.3, -0.25) is 10.2 Å². The molecule has 1 heterocycles. The van der Waals surface area contributed by atoms with Crippen LogP contribution in [0.25, 0.3) is 22.1 Å². The largest absolute Gasteiger partial charge is 0.438 e. The van der Waals surface area contributed by atoms with Crippen molar-refractivity contribution in [3.05, 3.63) is 83.9 Å². The molecule has 1 aromatic heterocycles. The maximum absolute atomic E-state index is 13.3. The Morgan fingerprint density at radius 3 is 2.54 bits per heavy atom. The first-order valence-corrected chi connectivity index (χ1v) is 12.3. The minimum absolute atomic E-state index is 0.160. The molecular weight excluding hydrogens is 469 g/mol. The molecule has 0 unspecified atom stereocenters. The van der Waals surface area contributed by atoms with Gasteiger partial charge in [0, 0.05) is 37.5 Å². The topological polar surface area (TPSA) is 94.2 Å². The Balaban J connectivity index is 1.53. The zero-order chi connectivity index (χ0) is 26.4. The molecule has 0 aliphatic heterocycles. The van der Waals surface area contributed by atoms with E-state index in [2.05, 4.69) is 21.7 Å². The van der Waals surface area contributed by atoms with Gasteiger partial charge in [-0.15, -0.1) is 0 Å². The molecule has 0 fully saturated rings. The highest BCUT2D eigenvalue weighted by Gasteiger charge is 2.21. The minimum atomic E-state index is -0.836. The number of nitrogens with one attached hydrogen (secondary N) is 3. The Morgan fingerprint density at radius 1 is 1.08 bits per heavy atom. The second-order valence-corrected chi connectivity index (χ2v) is 9.28. The SMILES string of the molecule is Cc1ccc(-c2cnc([C@H](CCCNC(=N)CF)NC(=O)c3ccc4cc(N(C)C)ccc4c3)o2)cc1. The van der Waals surface area contributed by atoms with Crippen LogP contribution in [0.3, 0.4) is 0 Å². The summed E-state index contributed by atoms with van der Waals surface area (Å²) in [5, 5.41) is 15.3.